The summed E-state index contributed by atoms with van der Waals surface area (Å²) in [5.74, 6) is -1.43. The van der Waals surface area contributed by atoms with E-state index < -0.39 is 5.97 Å². The van der Waals surface area contributed by atoms with Crippen LogP contribution in [0.15, 0.2) is 29.0 Å². The minimum Gasteiger partial charge on any atom is -0.478 e. The van der Waals surface area contributed by atoms with Crippen LogP contribution in [-0.2, 0) is 0 Å². The Morgan fingerprint density at radius 2 is 1.76 bits per heavy atom. The van der Waals surface area contributed by atoms with Crippen LogP contribution in [0.5, 0.6) is 0 Å². The fourth-order valence-corrected chi connectivity index (χ4v) is 3.01. The maximum atomic E-state index is 12.5. The van der Waals surface area contributed by atoms with Crippen molar-refractivity contribution in [1.29, 1.82) is 0 Å². The Balaban J connectivity index is 2.35. The predicted molar refractivity (Wildman–Crippen MR) is 83.1 cm³/mol. The van der Waals surface area contributed by atoms with Crippen LogP contribution in [0, 0.1) is 13.8 Å². The van der Waals surface area contributed by atoms with Gasteiger partial charge in [-0.25, -0.2) is 4.79 Å². The normalized spacial score (nSPS) is 12.0. The Kier molecular flexibility index (Phi) is 4.43. The number of benzene rings is 1. The van der Waals surface area contributed by atoms with Gasteiger partial charge < -0.3 is 10.4 Å². The highest BCUT2D eigenvalue weighted by Gasteiger charge is 2.22. The number of nitrogens with one attached hydrogen (secondary N) is 1. The van der Waals surface area contributed by atoms with Crippen LogP contribution >= 0.6 is 11.3 Å². The number of carboxylic acids is 1. The zero-order chi connectivity index (χ0) is 15.6. The quantitative estimate of drug-likeness (QED) is 0.907. The first-order valence-electron chi connectivity index (χ1n) is 6.58. The van der Waals surface area contributed by atoms with Gasteiger partial charge in [-0.15, -0.1) is 0 Å². The molecule has 0 spiro atoms. The number of thiophene rings is 1. The molecular formula is C16H17NO3S. The maximum Gasteiger partial charge on any atom is 0.336 e. The van der Waals surface area contributed by atoms with Crippen molar-refractivity contribution in [3.8, 4) is 0 Å². The molecule has 0 bridgehead atoms. The summed E-state index contributed by atoms with van der Waals surface area (Å²) in [7, 11) is 0. The first-order valence-corrected chi connectivity index (χ1v) is 7.52. The molecule has 0 aliphatic heterocycles. The summed E-state index contributed by atoms with van der Waals surface area (Å²) in [5.41, 5.74) is 2.57. The molecule has 0 radical (unpaired) electrons. The number of carbonyl (C=O) groups is 2. The second-order valence-electron chi connectivity index (χ2n) is 5.01. The molecule has 0 fully saturated rings. The molecule has 110 valence electrons. The number of hydrogen-bond acceptors (Lipinski definition) is 3. The Morgan fingerprint density at radius 1 is 1.14 bits per heavy atom. The van der Waals surface area contributed by atoms with Gasteiger partial charge in [-0.3, -0.25) is 4.79 Å². The first-order chi connectivity index (χ1) is 9.91. The van der Waals surface area contributed by atoms with E-state index in [0.29, 0.717) is 11.1 Å². The lowest BCUT2D eigenvalue weighted by molar-refractivity contribution is 0.0689. The molecule has 0 saturated carbocycles. The van der Waals surface area contributed by atoms with Crippen molar-refractivity contribution in [2.45, 2.75) is 26.8 Å². The van der Waals surface area contributed by atoms with E-state index in [1.165, 1.54) is 0 Å². The minimum absolute atomic E-state index is 0.0741. The zero-order valence-corrected chi connectivity index (χ0v) is 13.0. The van der Waals surface area contributed by atoms with Gasteiger partial charge in [0, 0.05) is 0 Å². The molecule has 0 aliphatic rings. The van der Waals surface area contributed by atoms with E-state index >= 15 is 0 Å². The second-order valence-corrected chi connectivity index (χ2v) is 5.79. The SMILES string of the molecule is Cc1ccc(C)c(C(=O)NC(C)c2ccsc2)c1C(=O)O. The standard InChI is InChI=1S/C16H17NO3S/c1-9-4-5-10(2)14(16(19)20)13(9)15(18)17-11(3)12-6-7-21-8-12/h4-8,11H,1-3H3,(H,17,18)(H,19,20). The van der Waals surface area contributed by atoms with Gasteiger partial charge in [0.15, 0.2) is 0 Å². The number of rotatable bonds is 4. The van der Waals surface area contributed by atoms with Gasteiger partial charge in [0.05, 0.1) is 17.2 Å². The van der Waals surface area contributed by atoms with Crippen LogP contribution < -0.4 is 5.32 Å². The summed E-state index contributed by atoms with van der Waals surface area (Å²) in [5, 5.41) is 16.1. The van der Waals surface area contributed by atoms with Gasteiger partial charge in [0.1, 0.15) is 0 Å². The number of carboxylic acid groups (broad SMARTS) is 1. The average Bonchev–Trinajstić information content (AvgIpc) is 2.94. The minimum atomic E-state index is -1.08. The largest absolute Gasteiger partial charge is 0.478 e. The van der Waals surface area contributed by atoms with Crippen molar-refractivity contribution in [3.05, 3.63) is 56.8 Å². The summed E-state index contributed by atoms with van der Waals surface area (Å²) in [6.45, 7) is 5.32. The van der Waals surface area contributed by atoms with E-state index in [4.69, 9.17) is 0 Å². The van der Waals surface area contributed by atoms with Gasteiger partial charge in [-0.1, -0.05) is 12.1 Å². The van der Waals surface area contributed by atoms with E-state index in [-0.39, 0.29) is 23.1 Å². The molecule has 1 heterocycles. The average molecular weight is 303 g/mol. The van der Waals surface area contributed by atoms with Crippen molar-refractivity contribution in [3.63, 3.8) is 0 Å². The van der Waals surface area contributed by atoms with Crippen LogP contribution in [-0.4, -0.2) is 17.0 Å². The summed E-state index contributed by atoms with van der Waals surface area (Å²) < 4.78 is 0. The van der Waals surface area contributed by atoms with Gasteiger partial charge in [-0.2, -0.15) is 11.3 Å². The third-order valence-corrected chi connectivity index (χ3v) is 4.16. The lowest BCUT2D eigenvalue weighted by Crippen LogP contribution is -2.29. The topological polar surface area (TPSA) is 66.4 Å². The Labute approximate surface area is 127 Å². The fraction of sp³-hybridized carbons (Fsp3) is 0.250. The van der Waals surface area contributed by atoms with Crippen molar-refractivity contribution in [1.82, 2.24) is 5.32 Å². The van der Waals surface area contributed by atoms with Crippen molar-refractivity contribution < 1.29 is 14.7 Å². The molecule has 1 unspecified atom stereocenters. The summed E-state index contributed by atoms with van der Waals surface area (Å²) >= 11 is 1.56. The van der Waals surface area contributed by atoms with Crippen molar-refractivity contribution >= 4 is 23.2 Å². The lowest BCUT2D eigenvalue weighted by atomic mass is 9.96. The molecule has 0 aliphatic carbocycles. The highest BCUT2D eigenvalue weighted by Crippen LogP contribution is 2.21. The third-order valence-electron chi connectivity index (χ3n) is 3.45. The highest BCUT2D eigenvalue weighted by molar-refractivity contribution is 7.07. The number of aryl methyl sites for hydroxylation is 2. The maximum absolute atomic E-state index is 12.5. The van der Waals surface area contributed by atoms with E-state index in [2.05, 4.69) is 5.32 Å². The summed E-state index contributed by atoms with van der Waals surface area (Å²) in [6.07, 6.45) is 0. The Morgan fingerprint density at radius 3 is 2.29 bits per heavy atom. The molecule has 2 rings (SSSR count). The molecule has 0 saturated heterocycles. The summed E-state index contributed by atoms with van der Waals surface area (Å²) in [4.78, 5) is 23.9. The van der Waals surface area contributed by atoms with Crippen LogP contribution in [0.3, 0.4) is 0 Å². The van der Waals surface area contributed by atoms with Crippen molar-refractivity contribution in [2.24, 2.45) is 0 Å². The lowest BCUT2D eigenvalue weighted by Gasteiger charge is -2.16. The molecule has 1 amide bonds. The number of aromatic carboxylic acids is 1. The molecule has 21 heavy (non-hydrogen) atoms. The van der Waals surface area contributed by atoms with Crippen LogP contribution in [0.1, 0.15) is 50.4 Å². The van der Waals surface area contributed by atoms with Gasteiger partial charge >= 0.3 is 5.97 Å². The van der Waals surface area contributed by atoms with Gasteiger partial charge in [0.2, 0.25) is 0 Å². The van der Waals surface area contributed by atoms with E-state index in [1.807, 2.05) is 23.8 Å². The molecule has 2 aromatic rings. The fourth-order valence-electron chi connectivity index (χ4n) is 2.25. The highest BCUT2D eigenvalue weighted by atomic mass is 32.1. The molecule has 4 nitrogen and oxygen atoms in total. The Bertz CT molecular complexity index is 677. The zero-order valence-electron chi connectivity index (χ0n) is 12.1. The molecule has 1 aromatic heterocycles. The van der Waals surface area contributed by atoms with E-state index in [0.717, 1.165) is 5.56 Å². The molecule has 1 aromatic carbocycles. The van der Waals surface area contributed by atoms with E-state index in [1.54, 1.807) is 37.3 Å². The summed E-state index contributed by atoms with van der Waals surface area (Å²) in [6, 6.07) is 5.27. The van der Waals surface area contributed by atoms with Crippen LogP contribution in [0.2, 0.25) is 0 Å². The van der Waals surface area contributed by atoms with Crippen LogP contribution in [0.4, 0.5) is 0 Å². The van der Waals surface area contributed by atoms with Gasteiger partial charge in [-0.05, 0) is 54.3 Å². The number of amides is 1. The first kappa shape index (κ1) is 15.3. The third kappa shape index (κ3) is 3.13. The second kappa shape index (κ2) is 6.10. The Hall–Kier alpha value is -2.14. The van der Waals surface area contributed by atoms with Crippen molar-refractivity contribution in [2.75, 3.05) is 0 Å². The molecule has 2 N–H and O–H groups in total. The smallest absolute Gasteiger partial charge is 0.336 e. The predicted octanol–water partition coefficient (Wildman–Crippen LogP) is 3.55. The van der Waals surface area contributed by atoms with Gasteiger partial charge in [0.25, 0.3) is 5.91 Å². The molecule has 5 heteroatoms. The molecule has 1 atom stereocenters. The number of carbonyl (C=O) groups excluding carboxylic acids is 1. The number of hydrogen-bond donors (Lipinski definition) is 2. The van der Waals surface area contributed by atoms with Crippen LogP contribution in [0.25, 0.3) is 0 Å². The molecular weight excluding hydrogens is 286 g/mol. The monoisotopic (exact) mass is 303 g/mol. The van der Waals surface area contributed by atoms with E-state index in [9.17, 15) is 14.7 Å².